The van der Waals surface area contributed by atoms with E-state index in [9.17, 15) is 4.79 Å². The van der Waals surface area contributed by atoms with Gasteiger partial charge in [-0.05, 0) is 23.4 Å². The summed E-state index contributed by atoms with van der Waals surface area (Å²) in [7, 11) is 1.61. The molecule has 1 atom stereocenters. The topological polar surface area (TPSA) is 54.0 Å². The summed E-state index contributed by atoms with van der Waals surface area (Å²) >= 11 is 1.64. The predicted octanol–water partition coefficient (Wildman–Crippen LogP) is 2.55. The fraction of sp³-hybridized carbons (Fsp3) is 0.615. The Bertz CT molecular complexity index is 403. The lowest BCUT2D eigenvalue weighted by Gasteiger charge is -2.22. The maximum Gasteiger partial charge on any atom is 0.508 e. The van der Waals surface area contributed by atoms with Crippen LogP contribution in [0.25, 0.3) is 0 Å². The lowest BCUT2D eigenvalue weighted by atomic mass is 10.1. The van der Waals surface area contributed by atoms with Gasteiger partial charge in [-0.3, -0.25) is 0 Å². The molecule has 0 saturated carbocycles. The van der Waals surface area contributed by atoms with Crippen LogP contribution in [0.5, 0.6) is 0 Å². The Balaban J connectivity index is 1.70. The van der Waals surface area contributed by atoms with Crippen molar-refractivity contribution in [1.29, 1.82) is 0 Å². The number of carbonyl (C=O) groups excluding carboxylic acids is 1. The molecule has 0 N–H and O–H groups in total. The van der Waals surface area contributed by atoms with Gasteiger partial charge in [0.1, 0.15) is 12.7 Å². The summed E-state index contributed by atoms with van der Waals surface area (Å²) in [6.45, 7) is 1.75. The third-order valence-electron chi connectivity index (χ3n) is 2.83. The van der Waals surface area contributed by atoms with Crippen LogP contribution in [0.2, 0.25) is 0 Å². The Hall–Kier alpha value is -1.11. The predicted molar refractivity (Wildman–Crippen MR) is 70.5 cm³/mol. The normalized spacial score (nSPS) is 17.8. The van der Waals surface area contributed by atoms with Gasteiger partial charge in [0.25, 0.3) is 0 Å². The molecule has 0 aromatic carbocycles. The van der Waals surface area contributed by atoms with Crippen molar-refractivity contribution in [3.05, 3.63) is 21.9 Å². The Morgan fingerprint density at radius 1 is 1.47 bits per heavy atom. The molecule has 106 valence electrons. The third kappa shape index (κ3) is 4.19. The van der Waals surface area contributed by atoms with E-state index >= 15 is 0 Å². The van der Waals surface area contributed by atoms with Gasteiger partial charge in [-0.25, -0.2) is 4.79 Å². The van der Waals surface area contributed by atoms with Crippen molar-refractivity contribution >= 4 is 17.5 Å². The molecule has 0 saturated heterocycles. The van der Waals surface area contributed by atoms with Crippen LogP contribution in [0.3, 0.4) is 0 Å². The molecule has 2 rings (SSSR count). The van der Waals surface area contributed by atoms with Gasteiger partial charge < -0.3 is 18.9 Å². The lowest BCUT2D eigenvalue weighted by Crippen LogP contribution is -2.21. The molecular weight excluding hydrogens is 268 g/mol. The summed E-state index contributed by atoms with van der Waals surface area (Å²) in [5.41, 5.74) is 1.29. The third-order valence-corrected chi connectivity index (χ3v) is 3.88. The van der Waals surface area contributed by atoms with Crippen molar-refractivity contribution in [2.24, 2.45) is 0 Å². The fourth-order valence-electron chi connectivity index (χ4n) is 1.89. The first kappa shape index (κ1) is 14.3. The molecule has 0 radical (unpaired) electrons. The van der Waals surface area contributed by atoms with Crippen LogP contribution in [0, 0.1) is 0 Å². The van der Waals surface area contributed by atoms with Crippen molar-refractivity contribution in [3.8, 4) is 0 Å². The minimum atomic E-state index is -0.650. The van der Waals surface area contributed by atoms with Gasteiger partial charge in [0.05, 0.1) is 13.2 Å². The standard InChI is InChI=1S/C13H18O5S/c1-15-5-2-6-17-13(14)18-9-11-12-10(3-7-16-11)4-8-19-12/h4,8,11H,2-3,5-7,9H2,1H3/t11-/m0/s1. The van der Waals surface area contributed by atoms with E-state index in [1.54, 1.807) is 18.4 Å². The molecule has 1 aliphatic rings. The molecule has 5 nitrogen and oxygen atoms in total. The molecular formula is C13H18O5S. The maximum atomic E-state index is 11.4. The number of methoxy groups -OCH3 is 1. The van der Waals surface area contributed by atoms with E-state index in [0.29, 0.717) is 26.2 Å². The van der Waals surface area contributed by atoms with Gasteiger partial charge >= 0.3 is 6.16 Å². The zero-order valence-corrected chi connectivity index (χ0v) is 11.7. The van der Waals surface area contributed by atoms with Gasteiger partial charge in [0, 0.05) is 25.0 Å². The van der Waals surface area contributed by atoms with Crippen molar-refractivity contribution in [1.82, 2.24) is 0 Å². The van der Waals surface area contributed by atoms with E-state index in [4.69, 9.17) is 18.9 Å². The molecule has 0 bridgehead atoms. The van der Waals surface area contributed by atoms with Crippen LogP contribution in [0.15, 0.2) is 11.4 Å². The molecule has 0 fully saturated rings. The van der Waals surface area contributed by atoms with Gasteiger partial charge in [0.2, 0.25) is 0 Å². The zero-order chi connectivity index (χ0) is 13.5. The van der Waals surface area contributed by atoms with Crippen LogP contribution in [0.4, 0.5) is 4.79 Å². The summed E-state index contributed by atoms with van der Waals surface area (Å²) < 4.78 is 20.5. The second-order valence-electron chi connectivity index (χ2n) is 4.18. The first-order valence-electron chi connectivity index (χ1n) is 6.27. The number of fused-ring (bicyclic) bond motifs is 1. The molecule has 6 heteroatoms. The lowest BCUT2D eigenvalue weighted by molar-refractivity contribution is -0.0226. The fourth-order valence-corrected chi connectivity index (χ4v) is 2.88. The molecule has 0 spiro atoms. The number of hydrogen-bond donors (Lipinski definition) is 0. The monoisotopic (exact) mass is 286 g/mol. The second-order valence-corrected chi connectivity index (χ2v) is 5.12. The van der Waals surface area contributed by atoms with Gasteiger partial charge in [0.15, 0.2) is 0 Å². The van der Waals surface area contributed by atoms with E-state index in [-0.39, 0.29) is 12.7 Å². The van der Waals surface area contributed by atoms with E-state index in [0.717, 1.165) is 11.3 Å². The number of ether oxygens (including phenoxy) is 4. The van der Waals surface area contributed by atoms with Gasteiger partial charge in [-0.1, -0.05) is 0 Å². The molecule has 0 aliphatic carbocycles. The maximum absolute atomic E-state index is 11.4. The van der Waals surface area contributed by atoms with Crippen LogP contribution in [-0.2, 0) is 25.4 Å². The molecule has 1 aromatic heterocycles. The SMILES string of the molecule is COCCCOC(=O)OC[C@@H]1OCCc2ccsc21. The Kier molecular flexibility index (Phi) is 5.62. The first-order chi connectivity index (χ1) is 9.31. The first-order valence-corrected chi connectivity index (χ1v) is 7.15. The number of thiophene rings is 1. The minimum absolute atomic E-state index is 0.157. The Morgan fingerprint density at radius 3 is 3.21 bits per heavy atom. The molecule has 0 amide bonds. The summed E-state index contributed by atoms with van der Waals surface area (Å²) in [5, 5.41) is 2.04. The Labute approximate surface area is 116 Å². The summed E-state index contributed by atoms with van der Waals surface area (Å²) in [4.78, 5) is 12.5. The minimum Gasteiger partial charge on any atom is -0.434 e. The number of carbonyl (C=O) groups is 1. The molecule has 1 aliphatic heterocycles. The van der Waals surface area contributed by atoms with E-state index in [2.05, 4.69) is 6.07 Å². The highest BCUT2D eigenvalue weighted by molar-refractivity contribution is 7.10. The van der Waals surface area contributed by atoms with Gasteiger partial charge in [-0.15, -0.1) is 11.3 Å². The van der Waals surface area contributed by atoms with E-state index in [1.165, 1.54) is 5.56 Å². The van der Waals surface area contributed by atoms with Crippen molar-refractivity contribution < 1.29 is 23.7 Å². The van der Waals surface area contributed by atoms with Crippen molar-refractivity contribution in [2.75, 3.05) is 33.5 Å². The van der Waals surface area contributed by atoms with Crippen molar-refractivity contribution in [3.63, 3.8) is 0 Å². The van der Waals surface area contributed by atoms with E-state index < -0.39 is 6.16 Å². The van der Waals surface area contributed by atoms with Crippen LogP contribution in [-0.4, -0.2) is 39.7 Å². The smallest absolute Gasteiger partial charge is 0.434 e. The highest BCUT2D eigenvalue weighted by Gasteiger charge is 2.23. The van der Waals surface area contributed by atoms with Crippen molar-refractivity contribution in [2.45, 2.75) is 18.9 Å². The van der Waals surface area contributed by atoms with Crippen LogP contribution in [0.1, 0.15) is 23.0 Å². The summed E-state index contributed by atoms with van der Waals surface area (Å²) in [6, 6.07) is 2.10. The molecule has 0 unspecified atom stereocenters. The summed E-state index contributed by atoms with van der Waals surface area (Å²) in [5.74, 6) is 0. The van der Waals surface area contributed by atoms with Crippen LogP contribution >= 0.6 is 11.3 Å². The zero-order valence-electron chi connectivity index (χ0n) is 10.9. The quantitative estimate of drug-likeness (QED) is 0.594. The average molecular weight is 286 g/mol. The Morgan fingerprint density at radius 2 is 2.37 bits per heavy atom. The number of rotatable bonds is 6. The highest BCUT2D eigenvalue weighted by atomic mass is 32.1. The van der Waals surface area contributed by atoms with E-state index in [1.807, 2.05) is 5.38 Å². The molecule has 19 heavy (non-hydrogen) atoms. The number of hydrogen-bond acceptors (Lipinski definition) is 6. The highest BCUT2D eigenvalue weighted by Crippen LogP contribution is 2.31. The molecule has 1 aromatic rings. The second kappa shape index (κ2) is 7.47. The van der Waals surface area contributed by atoms with Gasteiger partial charge in [-0.2, -0.15) is 0 Å². The molecule has 2 heterocycles. The largest absolute Gasteiger partial charge is 0.508 e. The van der Waals surface area contributed by atoms with Crippen LogP contribution < -0.4 is 0 Å². The summed E-state index contributed by atoms with van der Waals surface area (Å²) in [6.07, 6.45) is 0.788. The average Bonchev–Trinajstić information content (AvgIpc) is 2.90.